The van der Waals surface area contributed by atoms with Crippen molar-refractivity contribution in [3.05, 3.63) is 81.2 Å². The second-order valence-electron chi connectivity index (χ2n) is 8.32. The molecule has 2 heterocycles. The van der Waals surface area contributed by atoms with E-state index >= 15 is 0 Å². The van der Waals surface area contributed by atoms with Crippen molar-refractivity contribution in [1.82, 2.24) is 4.90 Å². The smallest absolute Gasteiger partial charge is 0.350 e. The standard InChI is InChI=1S/C27H24ClNO8S/c1-16(30)36-21-10-6-4-8-19(21)26(32)35-15-23(31)37-24-13-17-14-29(12-11-22(17)38-24)25(27(33)34-2)18-7-3-5-9-20(18)28/h3-10,13,25H,11-12,14-15H2,1-2H3. The van der Waals surface area contributed by atoms with Crippen molar-refractivity contribution >= 4 is 46.8 Å². The quantitative estimate of drug-likeness (QED) is 0.295. The number of methoxy groups -OCH3 is 1. The molecule has 0 N–H and O–H groups in total. The molecule has 0 spiro atoms. The van der Waals surface area contributed by atoms with Gasteiger partial charge in [0.2, 0.25) is 0 Å². The van der Waals surface area contributed by atoms with Crippen LogP contribution in [0.4, 0.5) is 0 Å². The summed E-state index contributed by atoms with van der Waals surface area (Å²) < 4.78 is 20.5. The van der Waals surface area contributed by atoms with E-state index in [9.17, 15) is 19.2 Å². The summed E-state index contributed by atoms with van der Waals surface area (Å²) >= 11 is 7.70. The van der Waals surface area contributed by atoms with Crippen LogP contribution in [0.3, 0.4) is 0 Å². The number of para-hydroxylation sites is 1. The van der Waals surface area contributed by atoms with Crippen LogP contribution in [-0.4, -0.2) is 49.0 Å². The topological polar surface area (TPSA) is 108 Å². The summed E-state index contributed by atoms with van der Waals surface area (Å²) in [4.78, 5) is 51.7. The van der Waals surface area contributed by atoms with E-state index in [-0.39, 0.29) is 11.3 Å². The van der Waals surface area contributed by atoms with Gasteiger partial charge in [-0.2, -0.15) is 0 Å². The van der Waals surface area contributed by atoms with Gasteiger partial charge in [-0.1, -0.05) is 41.9 Å². The van der Waals surface area contributed by atoms with Crippen LogP contribution in [0.2, 0.25) is 5.02 Å². The molecule has 1 aromatic heterocycles. The molecule has 11 heteroatoms. The van der Waals surface area contributed by atoms with Gasteiger partial charge in [0.05, 0.1) is 7.11 Å². The summed E-state index contributed by atoms with van der Waals surface area (Å²) in [5.41, 5.74) is 1.58. The lowest BCUT2D eigenvalue weighted by molar-refractivity contribution is -0.147. The number of fused-ring (bicyclic) bond motifs is 1. The average Bonchev–Trinajstić information content (AvgIpc) is 3.30. The largest absolute Gasteiger partial charge is 0.468 e. The highest BCUT2D eigenvalue weighted by molar-refractivity contribution is 7.14. The van der Waals surface area contributed by atoms with Gasteiger partial charge in [0.15, 0.2) is 11.7 Å². The summed E-state index contributed by atoms with van der Waals surface area (Å²) in [5, 5.41) is 0.823. The van der Waals surface area contributed by atoms with E-state index in [0.717, 1.165) is 10.4 Å². The highest BCUT2D eigenvalue weighted by atomic mass is 35.5. The zero-order chi connectivity index (χ0) is 27.2. The van der Waals surface area contributed by atoms with E-state index in [1.165, 1.54) is 37.5 Å². The number of carbonyl (C=O) groups is 4. The van der Waals surface area contributed by atoms with Gasteiger partial charge in [-0.3, -0.25) is 9.69 Å². The van der Waals surface area contributed by atoms with Gasteiger partial charge < -0.3 is 18.9 Å². The number of ether oxygens (including phenoxy) is 4. The van der Waals surface area contributed by atoms with Crippen LogP contribution in [0.15, 0.2) is 54.6 Å². The molecule has 198 valence electrons. The minimum Gasteiger partial charge on any atom is -0.468 e. The molecule has 0 aliphatic carbocycles. The number of hydrogen-bond acceptors (Lipinski definition) is 10. The van der Waals surface area contributed by atoms with E-state index in [4.69, 9.17) is 30.5 Å². The number of carbonyl (C=O) groups excluding carboxylic acids is 4. The zero-order valence-electron chi connectivity index (χ0n) is 20.6. The first-order chi connectivity index (χ1) is 18.3. The van der Waals surface area contributed by atoms with Crippen molar-refractivity contribution < 1.29 is 38.1 Å². The Morgan fingerprint density at radius 1 is 1.05 bits per heavy atom. The molecule has 3 aromatic rings. The van der Waals surface area contributed by atoms with Gasteiger partial charge in [0, 0.05) is 29.9 Å². The maximum absolute atomic E-state index is 12.7. The molecule has 0 radical (unpaired) electrons. The lowest BCUT2D eigenvalue weighted by Gasteiger charge is -2.33. The summed E-state index contributed by atoms with van der Waals surface area (Å²) in [6.45, 7) is 1.59. The van der Waals surface area contributed by atoms with Crippen molar-refractivity contribution in [2.45, 2.75) is 25.9 Å². The van der Waals surface area contributed by atoms with Crippen LogP contribution in [0.25, 0.3) is 0 Å². The van der Waals surface area contributed by atoms with Crippen LogP contribution in [-0.2, 0) is 36.8 Å². The number of nitrogens with zero attached hydrogens (tertiary/aromatic N) is 1. The maximum Gasteiger partial charge on any atom is 0.350 e. The molecule has 1 aliphatic rings. The van der Waals surface area contributed by atoms with Gasteiger partial charge >= 0.3 is 23.9 Å². The van der Waals surface area contributed by atoms with E-state index in [1.807, 2.05) is 11.0 Å². The van der Waals surface area contributed by atoms with Crippen LogP contribution < -0.4 is 9.47 Å². The molecule has 4 rings (SSSR count). The lowest BCUT2D eigenvalue weighted by atomic mass is 10.0. The number of benzene rings is 2. The number of esters is 4. The molecule has 1 atom stereocenters. The van der Waals surface area contributed by atoms with Crippen LogP contribution >= 0.6 is 22.9 Å². The third-order valence-corrected chi connectivity index (χ3v) is 7.22. The molecule has 38 heavy (non-hydrogen) atoms. The molecular formula is C27H24ClNO8S. The summed E-state index contributed by atoms with van der Waals surface area (Å²) in [6, 6.07) is 14.3. The fourth-order valence-electron chi connectivity index (χ4n) is 4.10. The van der Waals surface area contributed by atoms with Gasteiger partial charge in [0.1, 0.15) is 17.4 Å². The number of halogens is 1. The summed E-state index contributed by atoms with van der Waals surface area (Å²) in [5.74, 6) is -2.55. The molecule has 0 saturated carbocycles. The lowest BCUT2D eigenvalue weighted by Crippen LogP contribution is -2.38. The van der Waals surface area contributed by atoms with Gasteiger partial charge in [-0.05, 0) is 41.8 Å². The molecule has 9 nitrogen and oxygen atoms in total. The Balaban J connectivity index is 1.39. The zero-order valence-corrected chi connectivity index (χ0v) is 22.2. The Hall–Kier alpha value is -3.73. The van der Waals surface area contributed by atoms with Crippen molar-refractivity contribution in [3.63, 3.8) is 0 Å². The number of thiophene rings is 1. The van der Waals surface area contributed by atoms with Crippen molar-refractivity contribution in [3.8, 4) is 10.8 Å². The Labute approximate surface area is 227 Å². The second kappa shape index (κ2) is 12.2. The SMILES string of the molecule is COC(=O)C(c1ccccc1Cl)N1CCc2sc(OC(=O)COC(=O)c3ccccc3OC(C)=O)cc2C1. The van der Waals surface area contributed by atoms with E-state index in [0.29, 0.717) is 35.2 Å². The highest BCUT2D eigenvalue weighted by Gasteiger charge is 2.33. The normalized spacial score (nSPS) is 13.7. The van der Waals surface area contributed by atoms with Crippen molar-refractivity contribution in [1.29, 1.82) is 0 Å². The van der Waals surface area contributed by atoms with Gasteiger partial charge in [0.25, 0.3) is 0 Å². The van der Waals surface area contributed by atoms with Crippen LogP contribution in [0.5, 0.6) is 10.8 Å². The van der Waals surface area contributed by atoms with E-state index < -0.39 is 36.5 Å². The van der Waals surface area contributed by atoms with Crippen molar-refractivity contribution in [2.75, 3.05) is 20.3 Å². The molecular weight excluding hydrogens is 534 g/mol. The first kappa shape index (κ1) is 27.3. The Morgan fingerprint density at radius 2 is 1.79 bits per heavy atom. The third kappa shape index (κ3) is 6.39. The summed E-state index contributed by atoms with van der Waals surface area (Å²) in [6.07, 6.45) is 0.636. The Bertz CT molecular complexity index is 1370. The number of rotatable bonds is 8. The molecule has 0 saturated heterocycles. The molecule has 1 unspecified atom stereocenters. The second-order valence-corrected chi connectivity index (χ2v) is 9.83. The van der Waals surface area contributed by atoms with Crippen molar-refractivity contribution in [2.24, 2.45) is 0 Å². The highest BCUT2D eigenvalue weighted by Crippen LogP contribution is 2.37. The predicted molar refractivity (Wildman–Crippen MR) is 138 cm³/mol. The molecule has 2 aromatic carbocycles. The van der Waals surface area contributed by atoms with Crippen LogP contribution in [0.1, 0.15) is 39.3 Å². The monoisotopic (exact) mass is 557 g/mol. The first-order valence-electron chi connectivity index (χ1n) is 11.6. The predicted octanol–water partition coefficient (Wildman–Crippen LogP) is 4.36. The Kier molecular flexibility index (Phi) is 8.77. The minimum atomic E-state index is -0.826. The van der Waals surface area contributed by atoms with Gasteiger partial charge in [-0.25, -0.2) is 14.4 Å². The molecule has 1 aliphatic heterocycles. The molecule has 0 amide bonds. The summed E-state index contributed by atoms with van der Waals surface area (Å²) in [7, 11) is 1.34. The maximum atomic E-state index is 12.7. The minimum absolute atomic E-state index is 0.0147. The van der Waals surface area contributed by atoms with E-state index in [1.54, 1.807) is 36.4 Å². The third-order valence-electron chi connectivity index (χ3n) is 5.76. The molecule has 0 fully saturated rings. The van der Waals surface area contributed by atoms with E-state index in [2.05, 4.69) is 0 Å². The Morgan fingerprint density at radius 3 is 2.53 bits per heavy atom. The molecule has 0 bridgehead atoms. The first-order valence-corrected chi connectivity index (χ1v) is 12.8. The average molecular weight is 558 g/mol. The fraction of sp³-hybridized carbons (Fsp3) is 0.259. The van der Waals surface area contributed by atoms with Gasteiger partial charge in [-0.15, -0.1) is 11.3 Å². The fourth-order valence-corrected chi connectivity index (χ4v) is 5.37. The number of hydrogen-bond donors (Lipinski definition) is 0. The van der Waals surface area contributed by atoms with Crippen LogP contribution in [0, 0.1) is 0 Å².